The van der Waals surface area contributed by atoms with Gasteiger partial charge in [0.25, 0.3) is 0 Å². The molecule has 16 heavy (non-hydrogen) atoms. The van der Waals surface area contributed by atoms with E-state index in [1.807, 2.05) is 6.92 Å². The van der Waals surface area contributed by atoms with Crippen molar-refractivity contribution >= 4 is 10.0 Å². The number of aromatic amines is 1. The highest BCUT2D eigenvalue weighted by Crippen LogP contribution is 2.30. The van der Waals surface area contributed by atoms with Gasteiger partial charge in [0.05, 0.1) is 17.0 Å². The number of hydrogen-bond donors (Lipinski definition) is 1. The van der Waals surface area contributed by atoms with Gasteiger partial charge in [-0.05, 0) is 27.7 Å². The van der Waals surface area contributed by atoms with E-state index in [9.17, 15) is 8.42 Å². The summed E-state index contributed by atoms with van der Waals surface area (Å²) < 4.78 is 25.2. The molecule has 0 spiro atoms. The molecule has 1 N–H and O–H groups in total. The zero-order valence-electron chi connectivity index (χ0n) is 10.0. The van der Waals surface area contributed by atoms with Gasteiger partial charge >= 0.3 is 0 Å². The second kappa shape index (κ2) is 3.30. The Morgan fingerprint density at radius 1 is 1.31 bits per heavy atom. The van der Waals surface area contributed by atoms with Crippen LogP contribution in [-0.2, 0) is 23.1 Å². The fourth-order valence-corrected chi connectivity index (χ4v) is 3.17. The number of nitrogens with zero attached hydrogens (tertiary/aromatic N) is 2. The molecule has 0 unspecified atom stereocenters. The molecule has 2 rings (SSSR count). The highest BCUT2D eigenvalue weighted by molar-refractivity contribution is 7.90. The first-order chi connectivity index (χ1) is 7.23. The molecule has 90 valence electrons. The molecule has 0 saturated carbocycles. The second-order valence-electron chi connectivity index (χ2n) is 5.16. The largest absolute Gasteiger partial charge is 0.282 e. The van der Waals surface area contributed by atoms with E-state index in [1.165, 1.54) is 4.31 Å². The molecule has 1 aliphatic heterocycles. The third-order valence-electron chi connectivity index (χ3n) is 2.93. The molecule has 1 aromatic rings. The first-order valence-corrected chi connectivity index (χ1v) is 6.70. The van der Waals surface area contributed by atoms with Crippen LogP contribution in [0.3, 0.4) is 0 Å². The molecule has 0 aromatic carbocycles. The molecular weight excluding hydrogens is 226 g/mol. The van der Waals surface area contributed by atoms with Gasteiger partial charge in [-0.15, -0.1) is 0 Å². The van der Waals surface area contributed by atoms with E-state index in [1.54, 1.807) is 20.8 Å². The second-order valence-corrected chi connectivity index (χ2v) is 7.85. The van der Waals surface area contributed by atoms with Crippen molar-refractivity contribution in [1.29, 1.82) is 0 Å². The van der Waals surface area contributed by atoms with Crippen LogP contribution in [0.1, 0.15) is 37.7 Å². The van der Waals surface area contributed by atoms with Gasteiger partial charge in [-0.25, -0.2) is 8.42 Å². The van der Waals surface area contributed by atoms with E-state index >= 15 is 0 Å². The predicted molar refractivity (Wildman–Crippen MR) is 61.2 cm³/mol. The van der Waals surface area contributed by atoms with Crippen molar-refractivity contribution in [3.8, 4) is 0 Å². The number of rotatable bonds is 1. The molecule has 0 fully saturated rings. The molecule has 0 saturated heterocycles. The monoisotopic (exact) mass is 243 g/mol. The van der Waals surface area contributed by atoms with Crippen LogP contribution >= 0.6 is 0 Å². The van der Waals surface area contributed by atoms with E-state index in [0.717, 1.165) is 17.0 Å². The van der Waals surface area contributed by atoms with Crippen LogP contribution in [0.2, 0.25) is 0 Å². The van der Waals surface area contributed by atoms with Crippen molar-refractivity contribution in [3.63, 3.8) is 0 Å². The maximum Gasteiger partial charge on any atom is 0.219 e. The Bertz CT molecular complexity index is 511. The summed E-state index contributed by atoms with van der Waals surface area (Å²) in [4.78, 5) is 0. The maximum atomic E-state index is 12.2. The molecule has 1 aromatic heterocycles. The lowest BCUT2D eigenvalue weighted by Crippen LogP contribution is -2.40. The van der Waals surface area contributed by atoms with E-state index in [4.69, 9.17) is 0 Å². The number of aryl methyl sites for hydroxylation is 1. The van der Waals surface area contributed by atoms with E-state index in [-0.39, 0.29) is 0 Å². The Labute approximate surface area is 95.9 Å². The Balaban J connectivity index is 2.31. The summed E-state index contributed by atoms with van der Waals surface area (Å²) in [6, 6.07) is 0. The molecule has 0 amide bonds. The van der Waals surface area contributed by atoms with Crippen molar-refractivity contribution in [2.24, 2.45) is 0 Å². The van der Waals surface area contributed by atoms with Crippen LogP contribution < -0.4 is 0 Å². The number of nitrogens with one attached hydrogen (secondary N) is 1. The van der Waals surface area contributed by atoms with Gasteiger partial charge in [-0.2, -0.15) is 9.40 Å². The SMILES string of the molecule is Cc1[nH]nc2c1CN(S(=O)(=O)C(C)(C)C)C2. The predicted octanol–water partition coefficient (Wildman–Crippen LogP) is 1.16. The molecular formula is C10H17N3O2S. The van der Waals surface area contributed by atoms with Crippen LogP contribution in [0.4, 0.5) is 0 Å². The number of hydrogen-bond acceptors (Lipinski definition) is 3. The summed E-state index contributed by atoms with van der Waals surface area (Å²) >= 11 is 0. The van der Waals surface area contributed by atoms with Crippen molar-refractivity contribution in [3.05, 3.63) is 17.0 Å². The summed E-state index contributed by atoms with van der Waals surface area (Å²) in [7, 11) is -3.25. The summed E-state index contributed by atoms with van der Waals surface area (Å²) in [5.41, 5.74) is 2.83. The zero-order valence-corrected chi connectivity index (χ0v) is 10.8. The third kappa shape index (κ3) is 1.56. The molecule has 6 heteroatoms. The van der Waals surface area contributed by atoms with Crippen molar-refractivity contribution in [2.75, 3.05) is 0 Å². The van der Waals surface area contributed by atoms with Crippen LogP contribution in [0.5, 0.6) is 0 Å². The van der Waals surface area contributed by atoms with Crippen molar-refractivity contribution in [2.45, 2.75) is 45.5 Å². The van der Waals surface area contributed by atoms with Gasteiger partial charge in [-0.1, -0.05) is 0 Å². The summed E-state index contributed by atoms with van der Waals surface area (Å²) in [6.07, 6.45) is 0. The van der Waals surface area contributed by atoms with Gasteiger partial charge in [-0.3, -0.25) is 5.10 Å². The summed E-state index contributed by atoms with van der Waals surface area (Å²) in [6.45, 7) is 7.91. The first kappa shape index (κ1) is 11.6. The average Bonchev–Trinajstić information content (AvgIpc) is 2.67. The lowest BCUT2D eigenvalue weighted by atomic mass is 10.2. The Kier molecular flexibility index (Phi) is 2.40. The van der Waals surface area contributed by atoms with E-state index in [2.05, 4.69) is 10.2 Å². The van der Waals surface area contributed by atoms with E-state index in [0.29, 0.717) is 13.1 Å². The number of aromatic nitrogens is 2. The molecule has 0 radical (unpaired) electrons. The van der Waals surface area contributed by atoms with Gasteiger partial charge < -0.3 is 0 Å². The normalized spacial score (nSPS) is 17.8. The highest BCUT2D eigenvalue weighted by Gasteiger charge is 2.39. The highest BCUT2D eigenvalue weighted by atomic mass is 32.2. The lowest BCUT2D eigenvalue weighted by molar-refractivity contribution is 0.406. The molecule has 5 nitrogen and oxygen atoms in total. The Morgan fingerprint density at radius 3 is 2.44 bits per heavy atom. The van der Waals surface area contributed by atoms with Crippen molar-refractivity contribution < 1.29 is 8.42 Å². The number of fused-ring (bicyclic) bond motifs is 1. The van der Waals surface area contributed by atoms with Gasteiger partial charge in [0.2, 0.25) is 10.0 Å². The summed E-state index contributed by atoms with van der Waals surface area (Å²) in [5.74, 6) is 0. The number of sulfonamides is 1. The lowest BCUT2D eigenvalue weighted by Gasteiger charge is -2.26. The Morgan fingerprint density at radius 2 is 1.94 bits per heavy atom. The molecule has 2 heterocycles. The van der Waals surface area contributed by atoms with Crippen LogP contribution in [0.15, 0.2) is 0 Å². The average molecular weight is 243 g/mol. The fourth-order valence-electron chi connectivity index (χ4n) is 1.80. The minimum Gasteiger partial charge on any atom is -0.282 e. The van der Waals surface area contributed by atoms with Gasteiger partial charge in [0, 0.05) is 17.8 Å². The fraction of sp³-hybridized carbons (Fsp3) is 0.700. The first-order valence-electron chi connectivity index (χ1n) is 5.26. The summed E-state index contributed by atoms with van der Waals surface area (Å²) in [5, 5.41) is 6.99. The molecule has 0 bridgehead atoms. The topological polar surface area (TPSA) is 66.1 Å². The third-order valence-corrected chi connectivity index (χ3v) is 5.42. The van der Waals surface area contributed by atoms with Crippen LogP contribution in [0.25, 0.3) is 0 Å². The number of H-pyrrole nitrogens is 1. The molecule has 1 aliphatic rings. The quantitative estimate of drug-likeness (QED) is 0.805. The smallest absolute Gasteiger partial charge is 0.219 e. The Hall–Kier alpha value is -0.880. The molecule has 0 atom stereocenters. The van der Waals surface area contributed by atoms with Crippen molar-refractivity contribution in [1.82, 2.24) is 14.5 Å². The minimum absolute atomic E-state index is 0.388. The minimum atomic E-state index is -3.25. The van der Waals surface area contributed by atoms with Gasteiger partial charge in [0.15, 0.2) is 0 Å². The maximum absolute atomic E-state index is 12.2. The van der Waals surface area contributed by atoms with Crippen LogP contribution in [0, 0.1) is 6.92 Å². The van der Waals surface area contributed by atoms with Gasteiger partial charge in [0.1, 0.15) is 0 Å². The zero-order chi connectivity index (χ0) is 12.1. The standard InChI is InChI=1S/C10H17N3O2S/c1-7-8-5-13(6-9(8)12-11-7)16(14,15)10(2,3)4/h5-6H2,1-4H3,(H,11,12). The van der Waals surface area contributed by atoms with Crippen LogP contribution in [-0.4, -0.2) is 27.7 Å². The molecule has 0 aliphatic carbocycles. The van der Waals surface area contributed by atoms with E-state index < -0.39 is 14.8 Å².